The summed E-state index contributed by atoms with van der Waals surface area (Å²) in [6.07, 6.45) is 6.50. The molecule has 1 aromatic carbocycles. The third-order valence-corrected chi connectivity index (χ3v) is 3.22. The number of aromatic nitrogens is 2. The number of benzene rings is 1. The lowest BCUT2D eigenvalue weighted by molar-refractivity contribution is -0.111. The minimum absolute atomic E-state index is 0.222. The summed E-state index contributed by atoms with van der Waals surface area (Å²) >= 11 is 0. The molecule has 0 atom stereocenters. The summed E-state index contributed by atoms with van der Waals surface area (Å²) in [6.45, 7) is 0. The smallest absolute Gasteiger partial charge is 0.248 e. The van der Waals surface area contributed by atoms with Crippen LogP contribution in [0.5, 0.6) is 0 Å². The van der Waals surface area contributed by atoms with E-state index in [0.29, 0.717) is 11.4 Å². The Bertz CT molecular complexity index is 939. The fraction of sp³-hybridized carbons (Fsp3) is 0. The van der Waals surface area contributed by atoms with E-state index in [1.807, 2.05) is 60.7 Å². The molecule has 1 amide bonds. The Kier molecular flexibility index (Phi) is 5.32. The first kappa shape index (κ1) is 16.2. The van der Waals surface area contributed by atoms with Gasteiger partial charge in [-0.15, -0.1) is 0 Å². The molecule has 3 rings (SSSR count). The Balaban J connectivity index is 1.67. The second kappa shape index (κ2) is 8.23. The number of anilines is 1. The van der Waals surface area contributed by atoms with Gasteiger partial charge < -0.3 is 5.32 Å². The molecule has 0 fully saturated rings. The van der Waals surface area contributed by atoms with Crippen molar-refractivity contribution in [1.29, 1.82) is 0 Å². The highest BCUT2D eigenvalue weighted by atomic mass is 16.1. The number of carbonyl (C=O) groups is 1. The van der Waals surface area contributed by atoms with Gasteiger partial charge in [0.2, 0.25) is 5.91 Å². The first-order valence-electron chi connectivity index (χ1n) is 7.73. The number of hydrogen-bond acceptors (Lipinski definition) is 3. The molecule has 0 spiro atoms. The standard InChI is InChI=1S/C21H15N3O/c25-21(13-12-19-8-2-4-15-23-19)24-20-9-5-6-17(16-20)10-11-18-7-1-3-14-22-18/h1-9,12-16H,(H,24,25)/b13-12-. The van der Waals surface area contributed by atoms with Gasteiger partial charge in [0.15, 0.2) is 0 Å². The van der Waals surface area contributed by atoms with Gasteiger partial charge in [-0.05, 0) is 54.5 Å². The molecule has 2 aromatic heterocycles. The van der Waals surface area contributed by atoms with Gasteiger partial charge in [0.25, 0.3) is 0 Å². The van der Waals surface area contributed by atoms with E-state index in [2.05, 4.69) is 27.1 Å². The zero-order valence-corrected chi connectivity index (χ0v) is 13.4. The van der Waals surface area contributed by atoms with Crippen molar-refractivity contribution in [2.75, 3.05) is 5.32 Å². The van der Waals surface area contributed by atoms with Crippen molar-refractivity contribution in [3.8, 4) is 11.8 Å². The number of carbonyl (C=O) groups excluding carboxylic acids is 1. The van der Waals surface area contributed by atoms with Gasteiger partial charge in [0.1, 0.15) is 5.69 Å². The number of amides is 1. The van der Waals surface area contributed by atoms with Crippen LogP contribution in [0.1, 0.15) is 17.0 Å². The molecule has 0 saturated carbocycles. The number of hydrogen-bond donors (Lipinski definition) is 1. The van der Waals surface area contributed by atoms with E-state index in [-0.39, 0.29) is 5.91 Å². The number of rotatable bonds is 3. The predicted molar refractivity (Wildman–Crippen MR) is 98.6 cm³/mol. The molecule has 0 radical (unpaired) electrons. The Labute approximate surface area is 146 Å². The molecule has 0 unspecified atom stereocenters. The average Bonchev–Trinajstić information content (AvgIpc) is 2.67. The molecule has 120 valence electrons. The zero-order chi connectivity index (χ0) is 17.3. The lowest BCUT2D eigenvalue weighted by Gasteiger charge is -2.02. The Morgan fingerprint density at radius 3 is 2.52 bits per heavy atom. The molecule has 0 aliphatic heterocycles. The van der Waals surface area contributed by atoms with E-state index in [9.17, 15) is 4.79 Å². The zero-order valence-electron chi connectivity index (χ0n) is 13.4. The van der Waals surface area contributed by atoms with Gasteiger partial charge in [0, 0.05) is 29.7 Å². The highest BCUT2D eigenvalue weighted by Crippen LogP contribution is 2.10. The molecule has 0 aliphatic rings. The topological polar surface area (TPSA) is 54.9 Å². The van der Waals surface area contributed by atoms with Crippen molar-refractivity contribution in [1.82, 2.24) is 9.97 Å². The van der Waals surface area contributed by atoms with Gasteiger partial charge in [-0.25, -0.2) is 4.98 Å². The van der Waals surface area contributed by atoms with E-state index in [1.54, 1.807) is 18.5 Å². The lowest BCUT2D eigenvalue weighted by Crippen LogP contribution is -2.07. The van der Waals surface area contributed by atoms with Crippen LogP contribution in [0.3, 0.4) is 0 Å². The van der Waals surface area contributed by atoms with Crippen molar-refractivity contribution in [3.05, 3.63) is 96.1 Å². The van der Waals surface area contributed by atoms with Crippen LogP contribution in [0.2, 0.25) is 0 Å². The number of nitrogens with one attached hydrogen (secondary N) is 1. The van der Waals surface area contributed by atoms with Crippen LogP contribution in [0.4, 0.5) is 5.69 Å². The highest BCUT2D eigenvalue weighted by Gasteiger charge is 1.99. The van der Waals surface area contributed by atoms with Crippen LogP contribution < -0.4 is 5.32 Å². The average molecular weight is 325 g/mol. The van der Waals surface area contributed by atoms with Gasteiger partial charge in [-0.1, -0.05) is 24.1 Å². The summed E-state index contributed by atoms with van der Waals surface area (Å²) in [5.74, 6) is 5.81. The van der Waals surface area contributed by atoms with Crippen LogP contribution >= 0.6 is 0 Å². The molecule has 4 nitrogen and oxygen atoms in total. The quantitative estimate of drug-likeness (QED) is 0.592. The van der Waals surface area contributed by atoms with E-state index in [4.69, 9.17) is 0 Å². The third kappa shape index (κ3) is 5.15. The maximum Gasteiger partial charge on any atom is 0.248 e. The largest absolute Gasteiger partial charge is 0.322 e. The summed E-state index contributed by atoms with van der Waals surface area (Å²) in [5, 5.41) is 2.81. The van der Waals surface area contributed by atoms with Gasteiger partial charge in [-0.2, -0.15) is 0 Å². The second-order valence-corrected chi connectivity index (χ2v) is 5.12. The molecule has 4 heteroatoms. The molecule has 3 aromatic rings. The summed E-state index contributed by atoms with van der Waals surface area (Å²) in [7, 11) is 0. The number of nitrogens with zero attached hydrogens (tertiary/aromatic N) is 2. The van der Waals surface area contributed by atoms with Crippen LogP contribution in [-0.2, 0) is 4.79 Å². The van der Waals surface area contributed by atoms with Crippen LogP contribution in [0.15, 0.2) is 79.1 Å². The van der Waals surface area contributed by atoms with Crippen molar-refractivity contribution >= 4 is 17.7 Å². The molecule has 0 aliphatic carbocycles. The first-order chi connectivity index (χ1) is 12.3. The Hall–Kier alpha value is -3.71. The van der Waals surface area contributed by atoms with Crippen LogP contribution in [-0.4, -0.2) is 15.9 Å². The Morgan fingerprint density at radius 2 is 1.76 bits per heavy atom. The maximum atomic E-state index is 12.0. The summed E-state index contributed by atoms with van der Waals surface area (Å²) in [6, 6.07) is 18.5. The van der Waals surface area contributed by atoms with Crippen LogP contribution in [0, 0.1) is 11.8 Å². The molecule has 0 bridgehead atoms. The summed E-state index contributed by atoms with van der Waals surface area (Å²) < 4.78 is 0. The van der Waals surface area contributed by atoms with Gasteiger partial charge in [0.05, 0.1) is 5.69 Å². The lowest BCUT2D eigenvalue weighted by atomic mass is 10.2. The minimum atomic E-state index is -0.222. The molecule has 1 N–H and O–H groups in total. The third-order valence-electron chi connectivity index (χ3n) is 3.22. The summed E-state index contributed by atoms with van der Waals surface area (Å²) in [5.41, 5.74) is 2.92. The van der Waals surface area contributed by atoms with Crippen molar-refractivity contribution in [2.45, 2.75) is 0 Å². The maximum absolute atomic E-state index is 12.0. The Morgan fingerprint density at radius 1 is 0.920 bits per heavy atom. The van der Waals surface area contributed by atoms with Crippen LogP contribution in [0.25, 0.3) is 6.08 Å². The SMILES string of the molecule is O=C(/C=C\c1ccccn1)Nc1cccc(C#Cc2ccccn2)c1. The van der Waals surface area contributed by atoms with E-state index in [0.717, 1.165) is 11.3 Å². The molecular formula is C21H15N3O. The number of pyridine rings is 2. The second-order valence-electron chi connectivity index (χ2n) is 5.12. The monoisotopic (exact) mass is 325 g/mol. The molecule has 25 heavy (non-hydrogen) atoms. The highest BCUT2D eigenvalue weighted by molar-refractivity contribution is 6.01. The molecular weight excluding hydrogens is 310 g/mol. The van der Waals surface area contributed by atoms with E-state index >= 15 is 0 Å². The van der Waals surface area contributed by atoms with Crippen molar-refractivity contribution in [3.63, 3.8) is 0 Å². The van der Waals surface area contributed by atoms with Crippen molar-refractivity contribution in [2.24, 2.45) is 0 Å². The predicted octanol–water partition coefficient (Wildman–Crippen LogP) is 3.53. The van der Waals surface area contributed by atoms with E-state index < -0.39 is 0 Å². The van der Waals surface area contributed by atoms with Gasteiger partial charge >= 0.3 is 0 Å². The van der Waals surface area contributed by atoms with Crippen molar-refractivity contribution < 1.29 is 4.79 Å². The fourth-order valence-corrected chi connectivity index (χ4v) is 2.07. The first-order valence-corrected chi connectivity index (χ1v) is 7.73. The normalized spacial score (nSPS) is 10.1. The van der Waals surface area contributed by atoms with E-state index in [1.165, 1.54) is 6.08 Å². The summed E-state index contributed by atoms with van der Waals surface area (Å²) in [4.78, 5) is 20.3. The molecule has 2 heterocycles. The molecule has 0 saturated heterocycles. The van der Waals surface area contributed by atoms with Gasteiger partial charge in [-0.3, -0.25) is 9.78 Å². The minimum Gasteiger partial charge on any atom is -0.322 e. The fourth-order valence-electron chi connectivity index (χ4n) is 2.07.